The van der Waals surface area contributed by atoms with Gasteiger partial charge < -0.3 is 10.7 Å². The van der Waals surface area contributed by atoms with Crippen LogP contribution >= 0.6 is 0 Å². The predicted octanol–water partition coefficient (Wildman–Crippen LogP) is 1.86. The maximum atomic E-state index is 12.1. The van der Waals surface area contributed by atoms with Crippen LogP contribution in [0.1, 0.15) is 28.5 Å². The number of nitrogens with two attached hydrogens (primary N) is 1. The molecule has 0 fully saturated rings. The molecule has 4 N–H and O–H groups in total. The van der Waals surface area contributed by atoms with E-state index in [1.54, 1.807) is 12.1 Å². The van der Waals surface area contributed by atoms with E-state index >= 15 is 0 Å². The number of benzene rings is 1. The number of rotatable bonds is 5. The van der Waals surface area contributed by atoms with Crippen LogP contribution in [0.25, 0.3) is 0 Å². The highest BCUT2D eigenvalue weighted by Gasteiger charge is 2.09. The van der Waals surface area contributed by atoms with Gasteiger partial charge >= 0.3 is 0 Å². The first-order valence-electron chi connectivity index (χ1n) is 6.52. The van der Waals surface area contributed by atoms with Gasteiger partial charge in [-0.3, -0.25) is 4.79 Å². The van der Waals surface area contributed by atoms with Crippen LogP contribution in [-0.4, -0.2) is 10.9 Å². The number of hydrogen-bond donors (Lipinski definition) is 3. The lowest BCUT2D eigenvalue weighted by Crippen LogP contribution is -2.23. The molecule has 104 valence electrons. The van der Waals surface area contributed by atoms with E-state index in [1.165, 1.54) is 0 Å². The smallest absolute Gasteiger partial charge is 0.251 e. The molecule has 1 heterocycles. The summed E-state index contributed by atoms with van der Waals surface area (Å²) < 4.78 is 0. The van der Waals surface area contributed by atoms with Gasteiger partial charge in [0.25, 0.3) is 5.91 Å². The van der Waals surface area contributed by atoms with Crippen molar-refractivity contribution in [1.29, 1.82) is 0 Å². The average Bonchev–Trinajstić information content (AvgIpc) is 2.52. The van der Waals surface area contributed by atoms with Crippen molar-refractivity contribution >= 4 is 11.7 Å². The monoisotopic (exact) mass is 270 g/mol. The quantitative estimate of drug-likeness (QED) is 0.572. The van der Waals surface area contributed by atoms with Crippen LogP contribution in [0.5, 0.6) is 0 Å². The topological polar surface area (TPSA) is 80.0 Å². The maximum absolute atomic E-state index is 12.1. The van der Waals surface area contributed by atoms with Crippen molar-refractivity contribution in [2.75, 3.05) is 5.43 Å². The molecule has 2 rings (SSSR count). The van der Waals surface area contributed by atoms with Gasteiger partial charge in [-0.2, -0.15) is 0 Å². The Bertz CT molecular complexity index is 561. The van der Waals surface area contributed by atoms with Crippen molar-refractivity contribution in [1.82, 2.24) is 10.3 Å². The first-order chi connectivity index (χ1) is 9.72. The Labute approximate surface area is 118 Å². The average molecular weight is 270 g/mol. The predicted molar refractivity (Wildman–Crippen MR) is 79.0 cm³/mol. The molecule has 1 aromatic carbocycles. The highest BCUT2D eigenvalue weighted by atomic mass is 16.1. The minimum Gasteiger partial charge on any atom is -0.348 e. The third-order valence-electron chi connectivity index (χ3n) is 2.95. The molecule has 0 spiro atoms. The van der Waals surface area contributed by atoms with E-state index in [0.717, 1.165) is 17.7 Å². The minimum absolute atomic E-state index is 0.137. The summed E-state index contributed by atoms with van der Waals surface area (Å²) in [7, 11) is 0. The summed E-state index contributed by atoms with van der Waals surface area (Å²) in [4.78, 5) is 16.4. The number of nitrogen functional groups attached to an aromatic ring is 1. The van der Waals surface area contributed by atoms with Crippen molar-refractivity contribution in [2.45, 2.75) is 19.9 Å². The fourth-order valence-corrected chi connectivity index (χ4v) is 1.85. The fraction of sp³-hybridized carbons (Fsp3) is 0.200. The molecule has 2 aromatic rings. The molecule has 0 aliphatic carbocycles. The summed E-state index contributed by atoms with van der Waals surface area (Å²) in [6.45, 7) is 2.48. The molecule has 0 aliphatic heterocycles. The van der Waals surface area contributed by atoms with Gasteiger partial charge in [0.15, 0.2) is 0 Å². The van der Waals surface area contributed by atoms with Gasteiger partial charge in [0.1, 0.15) is 5.82 Å². The lowest BCUT2D eigenvalue weighted by molar-refractivity contribution is 0.0950. The molecule has 5 nitrogen and oxygen atoms in total. The molecule has 20 heavy (non-hydrogen) atoms. The molecular weight excluding hydrogens is 252 g/mol. The van der Waals surface area contributed by atoms with Crippen LogP contribution < -0.4 is 16.6 Å². The molecule has 1 amide bonds. The van der Waals surface area contributed by atoms with Crippen molar-refractivity contribution < 1.29 is 4.79 Å². The second-order valence-electron chi connectivity index (χ2n) is 4.40. The Morgan fingerprint density at radius 3 is 2.65 bits per heavy atom. The molecule has 0 saturated heterocycles. The zero-order valence-electron chi connectivity index (χ0n) is 11.4. The maximum Gasteiger partial charge on any atom is 0.251 e. The van der Waals surface area contributed by atoms with Crippen molar-refractivity contribution in [3.63, 3.8) is 0 Å². The molecule has 5 heteroatoms. The van der Waals surface area contributed by atoms with Crippen LogP contribution in [0.2, 0.25) is 0 Å². The third-order valence-corrected chi connectivity index (χ3v) is 2.95. The number of amides is 1. The number of carbonyl (C=O) groups is 1. The molecule has 0 radical (unpaired) electrons. The van der Waals surface area contributed by atoms with Crippen molar-refractivity contribution in [3.05, 3.63) is 59.3 Å². The summed E-state index contributed by atoms with van der Waals surface area (Å²) in [6, 6.07) is 13.2. The highest BCUT2D eigenvalue weighted by molar-refractivity contribution is 5.94. The summed E-state index contributed by atoms with van der Waals surface area (Å²) >= 11 is 0. The zero-order valence-corrected chi connectivity index (χ0v) is 11.4. The number of aryl methyl sites for hydroxylation is 1. The molecule has 0 saturated carbocycles. The van der Waals surface area contributed by atoms with Gasteiger partial charge in [-0.05, 0) is 24.1 Å². The van der Waals surface area contributed by atoms with E-state index in [4.69, 9.17) is 5.84 Å². The number of carbonyl (C=O) groups excluding carboxylic acids is 1. The molecule has 0 atom stereocenters. The number of nitrogens with one attached hydrogen (secondary N) is 2. The Kier molecular flexibility index (Phi) is 4.68. The van der Waals surface area contributed by atoms with E-state index in [-0.39, 0.29) is 5.91 Å². The first-order valence-corrected chi connectivity index (χ1v) is 6.52. The molecular formula is C15H18N4O. The molecule has 1 aromatic heterocycles. The number of anilines is 1. The number of pyridine rings is 1. The molecule has 0 bridgehead atoms. The summed E-state index contributed by atoms with van der Waals surface area (Å²) in [6.07, 6.45) is 0.745. The largest absolute Gasteiger partial charge is 0.348 e. The second kappa shape index (κ2) is 6.68. The Morgan fingerprint density at radius 1 is 1.25 bits per heavy atom. The van der Waals surface area contributed by atoms with E-state index in [9.17, 15) is 4.79 Å². The third kappa shape index (κ3) is 3.55. The number of nitrogens with zero attached hydrogens (tertiary/aromatic N) is 1. The summed E-state index contributed by atoms with van der Waals surface area (Å²) in [5.74, 6) is 5.72. The normalized spacial score (nSPS) is 10.1. The van der Waals surface area contributed by atoms with Gasteiger partial charge in [-0.1, -0.05) is 37.3 Å². The lowest BCUT2D eigenvalue weighted by Gasteiger charge is -2.08. The molecule has 0 unspecified atom stereocenters. The van der Waals surface area contributed by atoms with Crippen molar-refractivity contribution in [3.8, 4) is 0 Å². The lowest BCUT2D eigenvalue weighted by atomic mass is 10.1. The Balaban J connectivity index is 2.08. The second-order valence-corrected chi connectivity index (χ2v) is 4.40. The zero-order chi connectivity index (χ0) is 14.4. The van der Waals surface area contributed by atoms with E-state index in [0.29, 0.717) is 17.9 Å². The fourth-order valence-electron chi connectivity index (χ4n) is 1.85. The number of hydrogen-bond acceptors (Lipinski definition) is 4. The minimum atomic E-state index is -0.137. The van der Waals surface area contributed by atoms with E-state index < -0.39 is 0 Å². The SMILES string of the molecule is CCc1cc(C(=O)NCc2ccccc2)cc(NN)n1. The van der Waals surface area contributed by atoms with Crippen molar-refractivity contribution in [2.24, 2.45) is 5.84 Å². The van der Waals surface area contributed by atoms with Gasteiger partial charge in [0, 0.05) is 17.8 Å². The Hall–Kier alpha value is -2.40. The molecule has 0 aliphatic rings. The van der Waals surface area contributed by atoms with Gasteiger partial charge in [0.05, 0.1) is 0 Å². The van der Waals surface area contributed by atoms with Crippen LogP contribution in [0.3, 0.4) is 0 Å². The van der Waals surface area contributed by atoms with Crippen LogP contribution in [-0.2, 0) is 13.0 Å². The standard InChI is InChI=1S/C15H18N4O/c1-2-13-8-12(9-14(18-13)19-16)15(20)17-10-11-6-4-3-5-7-11/h3-9H,2,10,16H2,1H3,(H,17,20)(H,18,19). The van der Waals surface area contributed by atoms with Gasteiger partial charge in [-0.25, -0.2) is 10.8 Å². The van der Waals surface area contributed by atoms with Gasteiger partial charge in [0.2, 0.25) is 0 Å². The highest BCUT2D eigenvalue weighted by Crippen LogP contribution is 2.10. The van der Waals surface area contributed by atoms with E-state index in [2.05, 4.69) is 15.7 Å². The van der Waals surface area contributed by atoms with Crippen LogP contribution in [0.4, 0.5) is 5.82 Å². The first kappa shape index (κ1) is 14.0. The Morgan fingerprint density at radius 2 is 2.00 bits per heavy atom. The summed E-state index contributed by atoms with van der Waals surface area (Å²) in [5, 5.41) is 2.88. The van der Waals surface area contributed by atoms with E-state index in [1.807, 2.05) is 37.3 Å². The van der Waals surface area contributed by atoms with Crippen LogP contribution in [0, 0.1) is 0 Å². The van der Waals surface area contributed by atoms with Gasteiger partial charge in [-0.15, -0.1) is 0 Å². The summed E-state index contributed by atoms with van der Waals surface area (Å²) in [5.41, 5.74) is 4.92. The van der Waals surface area contributed by atoms with Crippen LogP contribution in [0.15, 0.2) is 42.5 Å². The number of hydrazine groups is 1. The number of aromatic nitrogens is 1.